The zero-order chi connectivity index (χ0) is 66.4. The Hall–Kier alpha value is -5.75. The number of rotatable bonds is 17. The van der Waals surface area contributed by atoms with Crippen molar-refractivity contribution >= 4 is 29.9 Å². The lowest BCUT2D eigenvalue weighted by atomic mass is 9.70. The number of ether oxygens (including phenoxy) is 7. The van der Waals surface area contributed by atoms with Gasteiger partial charge in [-0.25, -0.2) is 36.3 Å². The molecule has 0 aromatic heterocycles. The summed E-state index contributed by atoms with van der Waals surface area (Å²) in [7, 11) is 3.12. The number of halogens is 32. The van der Waals surface area contributed by atoms with Crippen molar-refractivity contribution < 1.29 is 198 Å². The van der Waals surface area contributed by atoms with E-state index in [1.165, 1.54) is 0 Å². The molecule has 1 aliphatic rings. The minimum atomic E-state index is -6.50. The molecule has 2 rings (SSSR count). The molecule has 44 heteroatoms. The van der Waals surface area contributed by atoms with Crippen LogP contribution in [0.3, 0.4) is 0 Å². The number of carbonyl (C=O) groups excluding carboxylic acids is 5. The van der Waals surface area contributed by atoms with Crippen molar-refractivity contribution in [3.63, 3.8) is 0 Å². The molecule has 1 fully saturated rings. The zero-order valence-electron chi connectivity index (χ0n) is 40.6. The summed E-state index contributed by atoms with van der Waals surface area (Å²) in [5, 5.41) is 0. The Morgan fingerprint density at radius 1 is 0.537 bits per heavy atom. The van der Waals surface area contributed by atoms with Crippen LogP contribution in [0, 0.1) is 29.3 Å². The minimum Gasteiger partial charge on any atom is -0.491 e. The average Bonchev–Trinajstić information content (AvgIpc) is 3.29. The quantitative estimate of drug-likeness (QED) is 0.0480. The molecular formula is C38H34F32O12. The maximum absolute atomic E-state index is 14.5. The molecule has 0 N–H and O–H groups in total. The van der Waals surface area contributed by atoms with E-state index in [4.69, 9.17) is 0 Å². The molecule has 1 aliphatic carbocycles. The number of esters is 4. The van der Waals surface area contributed by atoms with Crippen LogP contribution in [-0.4, -0.2) is 144 Å². The highest BCUT2D eigenvalue weighted by Gasteiger charge is 2.76. The maximum Gasteiger partial charge on any atom is 0.575 e. The largest absolute Gasteiger partial charge is 0.575 e. The molecule has 3 unspecified atom stereocenters. The summed E-state index contributed by atoms with van der Waals surface area (Å²) in [6.45, 7) is -2.39. The van der Waals surface area contributed by atoms with Crippen molar-refractivity contribution in [3.8, 4) is 5.75 Å². The van der Waals surface area contributed by atoms with Gasteiger partial charge in [0.05, 0.1) is 41.7 Å². The second-order valence-electron chi connectivity index (χ2n) is 15.0. The predicted molar refractivity (Wildman–Crippen MR) is 197 cm³/mol. The third-order valence-corrected chi connectivity index (χ3v) is 9.35. The highest BCUT2D eigenvalue weighted by Crippen LogP contribution is 2.53. The zero-order valence-corrected chi connectivity index (χ0v) is 40.6. The molecule has 1 aromatic carbocycles. The molecule has 482 valence electrons. The molecule has 0 aliphatic heterocycles. The van der Waals surface area contributed by atoms with Gasteiger partial charge in [-0.15, -0.1) is 52.7 Å². The molecule has 1 aromatic rings. The van der Waals surface area contributed by atoms with Crippen LogP contribution in [0.1, 0.15) is 66.7 Å². The molecule has 3 atom stereocenters. The Bertz CT molecular complexity index is 2280. The van der Waals surface area contributed by atoms with Crippen LogP contribution in [0.25, 0.3) is 0 Å². The van der Waals surface area contributed by atoms with Crippen LogP contribution in [0.5, 0.6) is 5.75 Å². The molecule has 1 saturated carbocycles. The van der Waals surface area contributed by atoms with E-state index in [0.29, 0.717) is 14.1 Å². The monoisotopic (exact) mass is 1290 g/mol. The third kappa shape index (κ3) is 21.1. The van der Waals surface area contributed by atoms with Gasteiger partial charge in [0.1, 0.15) is 17.0 Å². The standard InChI is InChI=1S/C11H9F9O4.C11H9F3O5.C8H9F9O.C7H4F10O2.CH3F/c1-4-2-5(6(21)23-10(15,16)17)9(14,8(12,13)3-4)7(22)24-11(18,19)20;1-17-9-7(13)5(11(16)19-3)4(10(15)18-2)6(12)8(9)14;1-2-5(9,10)7(13,14)6(11,12)3-4-18-8(15,16)17;8-3(18)5(11,12)6(13,14)4(9,10)1-2-19-7(15,16)17;1-2/h4-5H,2-3H2,1H3;1-3H3;2-4H2,1H3;1-2H2;1H3. The second kappa shape index (κ2) is 29.2. The highest BCUT2D eigenvalue weighted by molar-refractivity contribution is 6.04. The van der Waals surface area contributed by atoms with Crippen LogP contribution in [-0.2, 0) is 42.8 Å². The fourth-order valence-electron chi connectivity index (χ4n) is 5.56. The molecule has 0 spiro atoms. The first-order valence-corrected chi connectivity index (χ1v) is 20.1. The first-order valence-electron chi connectivity index (χ1n) is 20.1. The normalized spacial score (nSPS) is 18.0. The topological polar surface area (TPSA) is 150 Å². The van der Waals surface area contributed by atoms with Crippen molar-refractivity contribution in [2.24, 2.45) is 11.8 Å². The number of methoxy groups -OCH3 is 3. The van der Waals surface area contributed by atoms with Crippen LogP contribution in [0.4, 0.5) is 140 Å². The van der Waals surface area contributed by atoms with Crippen LogP contribution < -0.4 is 4.74 Å². The first-order chi connectivity index (χ1) is 36.3. The van der Waals surface area contributed by atoms with E-state index in [1.54, 1.807) is 0 Å². The molecule has 12 nitrogen and oxygen atoms in total. The first kappa shape index (κ1) is 80.5. The van der Waals surface area contributed by atoms with Crippen molar-refractivity contribution in [2.45, 2.75) is 119 Å². The average molecular weight is 1290 g/mol. The summed E-state index contributed by atoms with van der Waals surface area (Å²) < 4.78 is 420. The minimum absolute atomic E-state index is 0.500. The number of benzene rings is 1. The summed E-state index contributed by atoms with van der Waals surface area (Å²) in [4.78, 5) is 54.9. The van der Waals surface area contributed by atoms with Crippen molar-refractivity contribution in [2.75, 3.05) is 41.7 Å². The van der Waals surface area contributed by atoms with Crippen LogP contribution in [0.15, 0.2) is 0 Å². The van der Waals surface area contributed by atoms with Gasteiger partial charge < -0.3 is 23.7 Å². The molecule has 0 heterocycles. The fraction of sp³-hybridized carbons (Fsp3) is 0.711. The lowest BCUT2D eigenvalue weighted by Crippen LogP contribution is -2.63. The Labute approximate surface area is 434 Å². The summed E-state index contributed by atoms with van der Waals surface area (Å²) in [5.41, 5.74) is -7.24. The van der Waals surface area contributed by atoms with Gasteiger partial charge in [-0.05, 0) is 12.3 Å². The summed E-state index contributed by atoms with van der Waals surface area (Å²) in [6, 6.07) is -4.03. The second-order valence-corrected chi connectivity index (χ2v) is 15.0. The van der Waals surface area contributed by atoms with Gasteiger partial charge in [0, 0.05) is 25.7 Å². The maximum atomic E-state index is 14.5. The fourth-order valence-corrected chi connectivity index (χ4v) is 5.56. The molecular weight excluding hydrogens is 1260 g/mol. The number of hydrogen-bond acceptors (Lipinski definition) is 12. The van der Waals surface area contributed by atoms with Crippen LogP contribution >= 0.6 is 0 Å². The van der Waals surface area contributed by atoms with E-state index in [1.807, 2.05) is 0 Å². The number of carbonyl (C=O) groups is 5. The van der Waals surface area contributed by atoms with E-state index >= 15 is 0 Å². The van der Waals surface area contributed by atoms with Gasteiger partial charge in [0.2, 0.25) is 5.82 Å². The van der Waals surface area contributed by atoms with Gasteiger partial charge in [0.25, 0.3) is 11.6 Å². The van der Waals surface area contributed by atoms with Gasteiger partial charge in [0.15, 0.2) is 17.4 Å². The molecule has 0 radical (unpaired) electrons. The Morgan fingerprint density at radius 2 is 0.902 bits per heavy atom. The van der Waals surface area contributed by atoms with Gasteiger partial charge >= 0.3 is 90.9 Å². The summed E-state index contributed by atoms with van der Waals surface area (Å²) >= 11 is 0. The highest BCUT2D eigenvalue weighted by atomic mass is 19.4. The predicted octanol–water partition coefficient (Wildman–Crippen LogP) is 13.3. The number of hydrogen-bond donors (Lipinski definition) is 0. The Balaban J connectivity index is -0.00000101. The van der Waals surface area contributed by atoms with Crippen molar-refractivity contribution in [1.29, 1.82) is 0 Å². The lowest BCUT2D eigenvalue weighted by Gasteiger charge is -2.42. The van der Waals surface area contributed by atoms with Crippen molar-refractivity contribution in [1.82, 2.24) is 0 Å². The third-order valence-electron chi connectivity index (χ3n) is 9.35. The van der Waals surface area contributed by atoms with E-state index < -0.39 is 194 Å². The summed E-state index contributed by atoms with van der Waals surface area (Å²) in [5.74, 6) is -58.9. The SMILES string of the molecule is CC1CC(C(=O)OC(F)(F)F)C(F)(C(=O)OC(F)(F)F)C(F)(F)C1.CCC(F)(F)C(F)(F)C(F)(F)CCOC(F)(F)F.CF.COC(=O)c1c(F)c(F)c(OC)c(F)c1C(=O)OC.O=C(F)C(F)(F)C(F)(F)C(F)(F)CCOC(F)(F)F. The smallest absolute Gasteiger partial charge is 0.491 e. The van der Waals surface area contributed by atoms with E-state index in [2.05, 4.69) is 33.2 Å². The summed E-state index contributed by atoms with van der Waals surface area (Å²) in [6.07, 6.45) is -31.1. The number of alkyl halides is 28. The van der Waals surface area contributed by atoms with Crippen molar-refractivity contribution in [3.05, 3.63) is 28.6 Å². The molecule has 0 amide bonds. The Morgan fingerprint density at radius 3 is 1.22 bits per heavy atom. The molecule has 0 saturated heterocycles. The molecule has 0 bridgehead atoms. The molecule has 82 heavy (non-hydrogen) atoms. The van der Waals surface area contributed by atoms with E-state index in [-0.39, 0.29) is 0 Å². The van der Waals surface area contributed by atoms with Gasteiger partial charge in [-0.1, -0.05) is 13.8 Å². The Kier molecular flexibility index (Phi) is 28.6. The van der Waals surface area contributed by atoms with Gasteiger partial charge in [-0.3, -0.25) is 23.5 Å². The van der Waals surface area contributed by atoms with E-state index in [0.717, 1.165) is 28.3 Å². The van der Waals surface area contributed by atoms with Crippen LogP contribution in [0.2, 0.25) is 0 Å². The van der Waals surface area contributed by atoms with Gasteiger partial charge in [-0.2, -0.15) is 61.5 Å². The lowest BCUT2D eigenvalue weighted by molar-refractivity contribution is -0.342. The van der Waals surface area contributed by atoms with E-state index in [9.17, 15) is 164 Å².